The average Bonchev–Trinajstić information content (AvgIpc) is 2.22. The molecule has 0 radical (unpaired) electrons. The lowest BCUT2D eigenvalue weighted by Gasteiger charge is -2.14. The maximum absolute atomic E-state index is 8.81. The van der Waals surface area contributed by atoms with Gasteiger partial charge in [-0.15, -0.1) is 0 Å². The van der Waals surface area contributed by atoms with E-state index in [1.165, 1.54) is 18.1 Å². The van der Waals surface area contributed by atoms with Crippen LogP contribution < -0.4 is 0 Å². The van der Waals surface area contributed by atoms with Crippen molar-refractivity contribution in [2.24, 2.45) is 0 Å². The highest BCUT2D eigenvalue weighted by Gasteiger charge is 1.99. The molecule has 1 heterocycles. The number of aromatic nitrogens is 1. The van der Waals surface area contributed by atoms with E-state index in [1.807, 2.05) is 12.4 Å². The fraction of sp³-hybridized carbons (Fsp3) is 0.538. The Kier molecular flexibility index (Phi) is 11.1. The summed E-state index contributed by atoms with van der Waals surface area (Å²) >= 11 is 0. The molecular weight excluding hydrogens is 200 g/mol. The van der Waals surface area contributed by atoms with Crippen molar-refractivity contribution in [3.63, 3.8) is 0 Å². The fourth-order valence-corrected chi connectivity index (χ4v) is 1.06. The van der Waals surface area contributed by atoms with Crippen molar-refractivity contribution in [1.29, 1.82) is 0 Å². The van der Waals surface area contributed by atoms with Crippen molar-refractivity contribution < 1.29 is 4.79 Å². The summed E-state index contributed by atoms with van der Waals surface area (Å²) in [7, 11) is 2.12. The third kappa shape index (κ3) is 7.12. The summed E-state index contributed by atoms with van der Waals surface area (Å²) in [6, 6.07) is 2.05. The van der Waals surface area contributed by atoms with Gasteiger partial charge in [0, 0.05) is 18.9 Å². The van der Waals surface area contributed by atoms with Gasteiger partial charge in [0.1, 0.15) is 6.29 Å². The molecule has 0 aliphatic heterocycles. The first-order valence-corrected chi connectivity index (χ1v) is 5.13. The lowest BCUT2D eigenvalue weighted by atomic mass is 10.1. The van der Waals surface area contributed by atoms with Gasteiger partial charge in [-0.05, 0) is 44.6 Å². The molecule has 0 aliphatic rings. The average molecular weight is 224 g/mol. The number of carbonyl (C=O) groups excluding carboxylic acids is 1. The van der Waals surface area contributed by atoms with Crippen LogP contribution in [0.3, 0.4) is 0 Å². The maximum Gasteiger partial charge on any atom is 0.116 e. The minimum absolute atomic E-state index is 0. The molecule has 0 saturated heterocycles. The molecule has 1 aromatic rings. The minimum Gasteiger partial charge on any atom is -0.304 e. The number of aldehydes is 1. The first kappa shape index (κ1) is 17.2. The molecule has 0 bridgehead atoms. The number of rotatable bonds is 3. The van der Waals surface area contributed by atoms with Gasteiger partial charge in [-0.2, -0.15) is 0 Å². The quantitative estimate of drug-likeness (QED) is 0.740. The van der Waals surface area contributed by atoms with Crippen LogP contribution in [0.2, 0.25) is 0 Å². The van der Waals surface area contributed by atoms with Gasteiger partial charge >= 0.3 is 0 Å². The van der Waals surface area contributed by atoms with Crippen LogP contribution in [0.25, 0.3) is 0 Å². The van der Waals surface area contributed by atoms with Gasteiger partial charge in [0.15, 0.2) is 0 Å². The Morgan fingerprint density at radius 1 is 1.50 bits per heavy atom. The third-order valence-corrected chi connectivity index (χ3v) is 2.13. The van der Waals surface area contributed by atoms with E-state index < -0.39 is 0 Å². The van der Waals surface area contributed by atoms with Crippen LogP contribution in [0.1, 0.15) is 32.4 Å². The molecule has 16 heavy (non-hydrogen) atoms. The van der Waals surface area contributed by atoms with Crippen molar-refractivity contribution in [2.75, 3.05) is 13.6 Å². The monoisotopic (exact) mass is 224 g/mol. The standard InChI is InChI=1S/C10H16N2.C2H4O.CH4/c1-4-12(3)8-10-7-11-6-5-9(10)2;1-2-3;/h5-7H,4,8H2,1-3H3;2H,1H3;1H4. The lowest BCUT2D eigenvalue weighted by molar-refractivity contribution is -0.106. The molecule has 1 aromatic heterocycles. The highest BCUT2D eigenvalue weighted by molar-refractivity contribution is 5.44. The Morgan fingerprint density at radius 3 is 2.50 bits per heavy atom. The first-order chi connectivity index (χ1) is 7.15. The molecule has 0 atom stereocenters. The van der Waals surface area contributed by atoms with E-state index in [2.05, 4.69) is 36.8 Å². The number of pyridine rings is 1. The molecule has 0 spiro atoms. The van der Waals surface area contributed by atoms with E-state index in [9.17, 15) is 0 Å². The van der Waals surface area contributed by atoms with Crippen LogP contribution in [0, 0.1) is 6.92 Å². The Morgan fingerprint density at radius 2 is 2.06 bits per heavy atom. The fourth-order valence-electron chi connectivity index (χ4n) is 1.06. The lowest BCUT2D eigenvalue weighted by Crippen LogP contribution is -2.17. The summed E-state index contributed by atoms with van der Waals surface area (Å²) in [5, 5.41) is 0. The van der Waals surface area contributed by atoms with Crippen LogP contribution in [-0.4, -0.2) is 29.8 Å². The Bertz CT molecular complexity index is 287. The van der Waals surface area contributed by atoms with Crippen LogP contribution in [0.4, 0.5) is 0 Å². The Hall–Kier alpha value is -1.22. The van der Waals surface area contributed by atoms with Crippen LogP contribution in [0.5, 0.6) is 0 Å². The highest BCUT2D eigenvalue weighted by atomic mass is 16.1. The van der Waals surface area contributed by atoms with Crippen LogP contribution >= 0.6 is 0 Å². The molecule has 3 heteroatoms. The zero-order valence-corrected chi connectivity index (χ0v) is 10.0. The van der Waals surface area contributed by atoms with Crippen molar-refractivity contribution in [2.45, 2.75) is 34.7 Å². The van der Waals surface area contributed by atoms with E-state index in [0.29, 0.717) is 0 Å². The molecule has 0 aliphatic carbocycles. The summed E-state index contributed by atoms with van der Waals surface area (Å²) < 4.78 is 0. The normalized spacial score (nSPS) is 8.81. The smallest absolute Gasteiger partial charge is 0.116 e. The molecular formula is C13H24N2O. The van der Waals surface area contributed by atoms with Crippen LogP contribution in [-0.2, 0) is 11.3 Å². The molecule has 0 N–H and O–H groups in total. The van der Waals surface area contributed by atoms with E-state index in [0.717, 1.165) is 19.4 Å². The van der Waals surface area contributed by atoms with Crippen molar-refractivity contribution in [3.8, 4) is 0 Å². The maximum atomic E-state index is 8.81. The molecule has 0 amide bonds. The summed E-state index contributed by atoms with van der Waals surface area (Å²) in [6.07, 6.45) is 4.53. The zero-order valence-electron chi connectivity index (χ0n) is 10.0. The van der Waals surface area contributed by atoms with Crippen molar-refractivity contribution in [3.05, 3.63) is 29.6 Å². The van der Waals surface area contributed by atoms with Crippen molar-refractivity contribution >= 4 is 6.29 Å². The van der Waals surface area contributed by atoms with Gasteiger partial charge in [0.05, 0.1) is 0 Å². The predicted octanol–water partition coefficient (Wildman–Crippen LogP) is 2.68. The van der Waals surface area contributed by atoms with Crippen LogP contribution in [0.15, 0.2) is 18.5 Å². The number of nitrogens with zero attached hydrogens (tertiary/aromatic N) is 2. The molecule has 0 unspecified atom stereocenters. The Labute approximate surface area is 99.5 Å². The third-order valence-electron chi connectivity index (χ3n) is 2.13. The van der Waals surface area contributed by atoms with Gasteiger partial charge in [0.25, 0.3) is 0 Å². The SMILES string of the molecule is C.CC=O.CCN(C)Cc1cnccc1C. The summed E-state index contributed by atoms with van der Waals surface area (Å²) in [6.45, 7) is 7.80. The zero-order chi connectivity index (χ0) is 11.7. The summed E-state index contributed by atoms with van der Waals surface area (Å²) in [4.78, 5) is 15.2. The van der Waals surface area contributed by atoms with Gasteiger partial charge in [-0.25, -0.2) is 0 Å². The molecule has 1 rings (SSSR count). The Balaban J connectivity index is 0. The number of aryl methyl sites for hydroxylation is 1. The second kappa shape index (κ2) is 10.3. The van der Waals surface area contributed by atoms with Gasteiger partial charge in [-0.1, -0.05) is 14.4 Å². The van der Waals surface area contributed by atoms with E-state index in [1.54, 1.807) is 0 Å². The van der Waals surface area contributed by atoms with Gasteiger partial charge < -0.3 is 9.69 Å². The van der Waals surface area contributed by atoms with Crippen molar-refractivity contribution in [1.82, 2.24) is 9.88 Å². The molecule has 0 fully saturated rings. The largest absolute Gasteiger partial charge is 0.304 e. The summed E-state index contributed by atoms with van der Waals surface area (Å²) in [5.41, 5.74) is 2.65. The molecule has 0 aromatic carbocycles. The van der Waals surface area contributed by atoms with E-state index in [-0.39, 0.29) is 7.43 Å². The number of hydrogen-bond donors (Lipinski definition) is 0. The van der Waals surface area contributed by atoms with E-state index in [4.69, 9.17) is 4.79 Å². The second-order valence-electron chi connectivity index (χ2n) is 3.37. The number of hydrogen-bond acceptors (Lipinski definition) is 3. The van der Waals surface area contributed by atoms with Gasteiger partial charge in [0.2, 0.25) is 0 Å². The molecule has 3 nitrogen and oxygen atoms in total. The molecule has 92 valence electrons. The van der Waals surface area contributed by atoms with E-state index >= 15 is 0 Å². The predicted molar refractivity (Wildman–Crippen MR) is 69.5 cm³/mol. The molecule has 0 saturated carbocycles. The highest BCUT2D eigenvalue weighted by Crippen LogP contribution is 2.06. The minimum atomic E-state index is 0. The first-order valence-electron chi connectivity index (χ1n) is 5.13. The summed E-state index contributed by atoms with van der Waals surface area (Å²) in [5.74, 6) is 0. The topological polar surface area (TPSA) is 33.2 Å². The second-order valence-corrected chi connectivity index (χ2v) is 3.37. The number of carbonyl (C=O) groups is 1. The van der Waals surface area contributed by atoms with Gasteiger partial charge in [-0.3, -0.25) is 4.98 Å².